The molecular formula is C23H44O. The number of unbranched alkanes of at least 4 members (excludes halogenated alkanes) is 12. The largest absolute Gasteiger partial charge is 0.446 e. The normalized spacial score (nSPS) is 10.7. The van der Waals surface area contributed by atoms with E-state index in [1.165, 1.54) is 103 Å². The molecule has 0 bridgehead atoms. The average Bonchev–Trinajstić information content (AvgIpc) is 2.59. The lowest BCUT2D eigenvalue weighted by Gasteiger charge is -2.15. The fourth-order valence-corrected chi connectivity index (χ4v) is 3.32. The van der Waals surface area contributed by atoms with E-state index in [1.54, 1.807) is 0 Å². The van der Waals surface area contributed by atoms with Crippen molar-refractivity contribution in [3.05, 3.63) is 0 Å². The predicted molar refractivity (Wildman–Crippen MR) is 108 cm³/mol. The zero-order chi connectivity index (χ0) is 17.7. The summed E-state index contributed by atoms with van der Waals surface area (Å²) < 4.78 is 5.50. The van der Waals surface area contributed by atoms with E-state index in [-0.39, 0.29) is 0 Å². The van der Waals surface area contributed by atoms with Gasteiger partial charge in [0.15, 0.2) is 0 Å². The Morgan fingerprint density at radius 1 is 0.625 bits per heavy atom. The Balaban J connectivity index is 3.69. The number of rotatable bonds is 18. The highest BCUT2D eigenvalue weighted by Crippen LogP contribution is 2.19. The van der Waals surface area contributed by atoms with Crippen molar-refractivity contribution in [3.8, 4) is 12.0 Å². The summed E-state index contributed by atoms with van der Waals surface area (Å²) >= 11 is 0. The second-order valence-electron chi connectivity index (χ2n) is 7.35. The van der Waals surface area contributed by atoms with E-state index < -0.39 is 0 Å². The van der Waals surface area contributed by atoms with Crippen LogP contribution in [0.2, 0.25) is 0 Å². The van der Waals surface area contributed by atoms with Crippen LogP contribution in [0.4, 0.5) is 0 Å². The maximum atomic E-state index is 5.50. The molecule has 0 saturated carbocycles. The van der Waals surface area contributed by atoms with Crippen molar-refractivity contribution in [2.24, 2.45) is 5.92 Å². The Morgan fingerprint density at radius 2 is 1.04 bits per heavy atom. The van der Waals surface area contributed by atoms with Gasteiger partial charge in [0.25, 0.3) is 0 Å². The maximum Gasteiger partial charge on any atom is 0.109 e. The minimum Gasteiger partial charge on any atom is -0.446 e. The van der Waals surface area contributed by atoms with Crippen LogP contribution in [0.1, 0.15) is 124 Å². The van der Waals surface area contributed by atoms with Crippen LogP contribution in [-0.2, 0) is 4.74 Å². The molecule has 1 nitrogen and oxygen atoms in total. The van der Waals surface area contributed by atoms with Crippen LogP contribution in [0, 0.1) is 17.9 Å². The molecule has 24 heavy (non-hydrogen) atoms. The molecule has 0 aliphatic rings. The number of ether oxygens (including phenoxy) is 1. The van der Waals surface area contributed by atoms with Crippen molar-refractivity contribution in [1.82, 2.24) is 0 Å². The van der Waals surface area contributed by atoms with E-state index in [0.29, 0.717) is 0 Å². The van der Waals surface area contributed by atoms with E-state index >= 15 is 0 Å². The SMILES string of the molecule is CC#COCC(CCCCCCCCC)CCCCCCCCC. The van der Waals surface area contributed by atoms with Gasteiger partial charge in [-0.15, -0.1) is 0 Å². The third-order valence-electron chi connectivity index (χ3n) is 4.93. The molecule has 0 aromatic carbocycles. The summed E-state index contributed by atoms with van der Waals surface area (Å²) in [6.45, 7) is 7.26. The second kappa shape index (κ2) is 20.4. The molecule has 0 aliphatic heterocycles. The van der Waals surface area contributed by atoms with Gasteiger partial charge in [-0.1, -0.05) is 110 Å². The highest BCUT2D eigenvalue weighted by Gasteiger charge is 2.09. The topological polar surface area (TPSA) is 9.23 Å². The first-order valence-corrected chi connectivity index (χ1v) is 10.9. The summed E-state index contributed by atoms with van der Waals surface area (Å²) in [6, 6.07) is 0. The summed E-state index contributed by atoms with van der Waals surface area (Å²) in [7, 11) is 0. The zero-order valence-electron chi connectivity index (χ0n) is 17.0. The first-order valence-electron chi connectivity index (χ1n) is 10.9. The van der Waals surface area contributed by atoms with E-state index in [2.05, 4.69) is 25.9 Å². The van der Waals surface area contributed by atoms with Crippen molar-refractivity contribution in [3.63, 3.8) is 0 Å². The molecule has 0 fully saturated rings. The summed E-state index contributed by atoms with van der Waals surface area (Å²) in [5.41, 5.74) is 0. The van der Waals surface area contributed by atoms with Gasteiger partial charge in [-0.05, 0) is 18.8 Å². The Kier molecular flexibility index (Phi) is 19.9. The lowest BCUT2D eigenvalue weighted by atomic mass is 9.94. The van der Waals surface area contributed by atoms with Gasteiger partial charge in [-0.2, -0.15) is 0 Å². The quantitative estimate of drug-likeness (QED) is 0.183. The lowest BCUT2D eigenvalue weighted by molar-refractivity contribution is 0.195. The number of hydrogen-bond acceptors (Lipinski definition) is 1. The molecule has 0 aromatic rings. The van der Waals surface area contributed by atoms with Crippen LogP contribution in [-0.4, -0.2) is 6.61 Å². The molecule has 0 aliphatic carbocycles. The molecule has 0 atom stereocenters. The average molecular weight is 337 g/mol. The first kappa shape index (κ1) is 23.4. The molecule has 0 aromatic heterocycles. The smallest absolute Gasteiger partial charge is 0.109 e. The minimum absolute atomic E-state index is 0.720. The Hall–Kier alpha value is -0.640. The fraction of sp³-hybridized carbons (Fsp3) is 0.913. The van der Waals surface area contributed by atoms with Gasteiger partial charge in [-0.25, -0.2) is 0 Å². The molecule has 0 N–H and O–H groups in total. The molecule has 0 saturated heterocycles. The summed E-state index contributed by atoms with van der Waals surface area (Å²) in [4.78, 5) is 0. The second-order valence-corrected chi connectivity index (χ2v) is 7.35. The standard InChI is InChI=1S/C23H44O/c1-4-7-9-11-13-15-17-19-23(22-24-21-6-3)20-18-16-14-12-10-8-5-2/h23H,4-5,7-20,22H2,1-3H3. The molecule has 0 heterocycles. The van der Waals surface area contributed by atoms with Crippen LogP contribution in [0.25, 0.3) is 0 Å². The highest BCUT2D eigenvalue weighted by molar-refractivity contribution is 4.85. The third kappa shape index (κ3) is 17.7. The van der Waals surface area contributed by atoms with Crippen molar-refractivity contribution in [2.45, 2.75) is 124 Å². The summed E-state index contributed by atoms with van der Waals surface area (Å²) in [6.07, 6.45) is 25.0. The van der Waals surface area contributed by atoms with E-state index in [0.717, 1.165) is 12.5 Å². The van der Waals surface area contributed by atoms with Crippen molar-refractivity contribution >= 4 is 0 Å². The third-order valence-corrected chi connectivity index (χ3v) is 4.93. The van der Waals surface area contributed by atoms with Gasteiger partial charge in [0.05, 0.1) is 0 Å². The van der Waals surface area contributed by atoms with Crippen molar-refractivity contribution in [2.75, 3.05) is 6.61 Å². The van der Waals surface area contributed by atoms with Gasteiger partial charge in [0, 0.05) is 6.92 Å². The first-order chi connectivity index (χ1) is 11.8. The molecule has 1 heteroatoms. The van der Waals surface area contributed by atoms with Gasteiger partial charge < -0.3 is 4.74 Å². The molecule has 0 amide bonds. The molecule has 0 radical (unpaired) electrons. The van der Waals surface area contributed by atoms with Crippen LogP contribution >= 0.6 is 0 Å². The Labute approximate surface area is 153 Å². The highest BCUT2D eigenvalue weighted by atomic mass is 16.5. The summed E-state index contributed by atoms with van der Waals surface area (Å²) in [5, 5.41) is 0. The van der Waals surface area contributed by atoms with Crippen LogP contribution in [0.3, 0.4) is 0 Å². The van der Waals surface area contributed by atoms with E-state index in [9.17, 15) is 0 Å². The lowest BCUT2D eigenvalue weighted by Crippen LogP contribution is -2.08. The van der Waals surface area contributed by atoms with Crippen molar-refractivity contribution in [1.29, 1.82) is 0 Å². The van der Waals surface area contributed by atoms with Crippen LogP contribution in [0.5, 0.6) is 0 Å². The molecule has 0 unspecified atom stereocenters. The Morgan fingerprint density at radius 3 is 1.46 bits per heavy atom. The molecular weight excluding hydrogens is 292 g/mol. The number of hydrogen-bond donors (Lipinski definition) is 0. The van der Waals surface area contributed by atoms with Crippen molar-refractivity contribution < 1.29 is 4.74 Å². The van der Waals surface area contributed by atoms with E-state index in [4.69, 9.17) is 4.74 Å². The van der Waals surface area contributed by atoms with E-state index in [1.807, 2.05) is 6.92 Å². The fourth-order valence-electron chi connectivity index (χ4n) is 3.32. The van der Waals surface area contributed by atoms with Crippen LogP contribution in [0.15, 0.2) is 0 Å². The Bertz CT molecular complexity index is 268. The van der Waals surface area contributed by atoms with Gasteiger partial charge >= 0.3 is 0 Å². The molecule has 142 valence electrons. The van der Waals surface area contributed by atoms with Crippen LogP contribution < -0.4 is 0 Å². The summed E-state index contributed by atoms with van der Waals surface area (Å²) in [5.74, 6) is 3.56. The minimum atomic E-state index is 0.720. The van der Waals surface area contributed by atoms with Gasteiger partial charge in [0.1, 0.15) is 12.7 Å². The van der Waals surface area contributed by atoms with Gasteiger partial charge in [-0.3, -0.25) is 0 Å². The van der Waals surface area contributed by atoms with Gasteiger partial charge in [0.2, 0.25) is 0 Å². The predicted octanol–water partition coefficient (Wildman–Crippen LogP) is 7.88. The zero-order valence-corrected chi connectivity index (χ0v) is 17.0. The molecule has 0 rings (SSSR count). The monoisotopic (exact) mass is 336 g/mol. The maximum absolute atomic E-state index is 5.50. The molecule has 0 spiro atoms.